The first-order valence-corrected chi connectivity index (χ1v) is 23.8. The van der Waals surface area contributed by atoms with Crippen molar-refractivity contribution >= 4 is 87.2 Å². The maximum atomic E-state index is 5.00. The number of rotatable bonds is 4. The van der Waals surface area contributed by atoms with Crippen LogP contribution in [-0.4, -0.2) is 39.0 Å². The van der Waals surface area contributed by atoms with E-state index < -0.39 is 0 Å². The van der Waals surface area contributed by atoms with E-state index in [1.54, 1.807) is 0 Å². The van der Waals surface area contributed by atoms with Gasteiger partial charge >= 0.3 is 0 Å². The molecule has 70 heavy (non-hydrogen) atoms. The van der Waals surface area contributed by atoms with Crippen LogP contribution in [0.1, 0.15) is 22.3 Å². The van der Waals surface area contributed by atoms with Crippen molar-refractivity contribution in [3.8, 4) is 45.0 Å². The predicted molar refractivity (Wildman–Crippen MR) is 285 cm³/mol. The van der Waals surface area contributed by atoms with Crippen LogP contribution in [0.15, 0.2) is 183 Å². The monoisotopic (exact) mass is 896 g/mol. The smallest absolute Gasteiger partial charge is 0.137 e. The summed E-state index contributed by atoms with van der Waals surface area (Å²) in [5.41, 5.74) is 20.2. The SMILES string of the molecule is Cc1ccnc(-n2c3ccc(-c4cc5cccnc5c5ncccc45)cc3c3cc4c(cc32)-c2cc3c(cc2CC4)c2cc(-c4cc5cccnc5c5ncccc45)ccc2n3-c2cc(C)ccn2)c1. The average molecular weight is 897 g/mol. The van der Waals surface area contributed by atoms with E-state index in [2.05, 4.69) is 144 Å². The standard InChI is InChI=1S/C62H40N8/c1-35-17-23-63-57(25-35)69-53-15-13-39(45-31-41-7-3-19-65-59(41)61-43(45)9-5-21-67-61)27-49(53)51-29-37-11-12-38-30-52-50-28-40(46-32-42-8-4-20-66-60(42)62-44(46)10-6-22-68-62)14-16-54(50)70(58-26-36(2)18-24-64-58)56(52)34-48(38)47(37)33-55(51)69/h3-10,13-34H,11-12H2,1-2H3. The summed E-state index contributed by atoms with van der Waals surface area (Å²) < 4.78 is 4.71. The maximum Gasteiger partial charge on any atom is 0.137 e. The van der Waals surface area contributed by atoms with Crippen LogP contribution in [-0.2, 0) is 12.8 Å². The molecule has 0 aliphatic heterocycles. The second-order valence-corrected chi connectivity index (χ2v) is 18.9. The molecule has 1 aliphatic carbocycles. The zero-order valence-electron chi connectivity index (χ0n) is 38.3. The highest BCUT2D eigenvalue weighted by Gasteiger charge is 2.25. The normalized spacial score (nSPS) is 12.6. The third-order valence-electron chi connectivity index (χ3n) is 14.7. The molecule has 8 aromatic heterocycles. The van der Waals surface area contributed by atoms with Crippen molar-refractivity contribution in [1.29, 1.82) is 0 Å². The molecule has 8 nitrogen and oxygen atoms in total. The highest BCUT2D eigenvalue weighted by Crippen LogP contribution is 2.46. The first-order chi connectivity index (χ1) is 34.5. The lowest BCUT2D eigenvalue weighted by Gasteiger charge is -2.21. The van der Waals surface area contributed by atoms with Crippen molar-refractivity contribution in [2.24, 2.45) is 0 Å². The zero-order chi connectivity index (χ0) is 46.2. The molecule has 0 unspecified atom stereocenters. The minimum Gasteiger partial charge on any atom is -0.294 e. The van der Waals surface area contributed by atoms with Crippen molar-refractivity contribution in [1.82, 2.24) is 39.0 Å². The molecule has 0 saturated carbocycles. The van der Waals surface area contributed by atoms with E-state index in [1.807, 2.05) is 61.4 Å². The van der Waals surface area contributed by atoms with Gasteiger partial charge in [-0.3, -0.25) is 29.1 Å². The van der Waals surface area contributed by atoms with E-state index >= 15 is 0 Å². The zero-order valence-corrected chi connectivity index (χ0v) is 38.3. The summed E-state index contributed by atoms with van der Waals surface area (Å²) >= 11 is 0. The number of pyridine rings is 6. The molecule has 0 bridgehead atoms. The molecule has 0 radical (unpaired) electrons. The van der Waals surface area contributed by atoms with Crippen molar-refractivity contribution in [3.05, 3.63) is 205 Å². The lowest BCUT2D eigenvalue weighted by atomic mass is 9.84. The second-order valence-electron chi connectivity index (χ2n) is 18.9. The third-order valence-corrected chi connectivity index (χ3v) is 14.7. The Balaban J connectivity index is 0.967. The van der Waals surface area contributed by atoms with Crippen molar-refractivity contribution in [3.63, 3.8) is 0 Å². The molecule has 14 aromatic rings. The summed E-state index contributed by atoms with van der Waals surface area (Å²) in [6, 6.07) is 53.2. The Morgan fingerprint density at radius 2 is 0.757 bits per heavy atom. The topological polar surface area (TPSA) is 87.2 Å². The second kappa shape index (κ2) is 14.7. The van der Waals surface area contributed by atoms with Crippen LogP contribution in [0.4, 0.5) is 0 Å². The van der Waals surface area contributed by atoms with Crippen molar-refractivity contribution in [2.45, 2.75) is 26.7 Å². The van der Waals surface area contributed by atoms with Crippen molar-refractivity contribution in [2.75, 3.05) is 0 Å². The highest BCUT2D eigenvalue weighted by atomic mass is 15.1. The van der Waals surface area contributed by atoms with Gasteiger partial charge in [-0.2, -0.15) is 0 Å². The molecule has 0 spiro atoms. The van der Waals surface area contributed by atoms with Gasteiger partial charge in [-0.15, -0.1) is 0 Å². The van der Waals surface area contributed by atoms with E-state index in [0.717, 1.165) is 124 Å². The Morgan fingerprint density at radius 1 is 0.329 bits per heavy atom. The van der Waals surface area contributed by atoms with Gasteiger partial charge < -0.3 is 0 Å². The minimum absolute atomic E-state index is 0.901. The van der Waals surface area contributed by atoms with Gasteiger partial charge in [-0.1, -0.05) is 36.4 Å². The maximum absolute atomic E-state index is 5.00. The first-order valence-electron chi connectivity index (χ1n) is 23.8. The summed E-state index contributed by atoms with van der Waals surface area (Å²) in [6.07, 6.45) is 13.1. The summed E-state index contributed by atoms with van der Waals surface area (Å²) in [4.78, 5) is 29.2. The summed E-state index contributed by atoms with van der Waals surface area (Å²) in [5.74, 6) is 1.80. The van der Waals surface area contributed by atoms with E-state index in [-0.39, 0.29) is 0 Å². The number of hydrogen-bond donors (Lipinski definition) is 0. The Kier molecular flexibility index (Phi) is 8.16. The van der Waals surface area contributed by atoms with Crippen LogP contribution in [0.3, 0.4) is 0 Å². The van der Waals surface area contributed by atoms with E-state index in [9.17, 15) is 0 Å². The molecular formula is C62H40N8. The van der Waals surface area contributed by atoms with E-state index in [1.165, 1.54) is 43.8 Å². The van der Waals surface area contributed by atoms with Gasteiger partial charge in [0.25, 0.3) is 0 Å². The molecule has 1 aliphatic rings. The van der Waals surface area contributed by atoms with Crippen LogP contribution in [0.2, 0.25) is 0 Å². The molecule has 0 fully saturated rings. The summed E-state index contributed by atoms with van der Waals surface area (Å²) in [6.45, 7) is 4.27. The molecule has 15 rings (SSSR count). The van der Waals surface area contributed by atoms with E-state index in [4.69, 9.17) is 29.9 Å². The lowest BCUT2D eigenvalue weighted by molar-refractivity contribution is 0.945. The van der Waals surface area contributed by atoms with Crippen LogP contribution in [0.25, 0.3) is 132 Å². The molecule has 6 aromatic carbocycles. The number of aromatic nitrogens is 8. The first kappa shape index (κ1) is 38.9. The summed E-state index contributed by atoms with van der Waals surface area (Å²) in [5, 5.41) is 9.13. The number of fused-ring (bicyclic) bond motifs is 15. The Hall–Kier alpha value is -9.14. The van der Waals surface area contributed by atoms with Gasteiger partial charge in [0.1, 0.15) is 11.6 Å². The number of benzene rings is 6. The van der Waals surface area contributed by atoms with Crippen molar-refractivity contribution < 1.29 is 0 Å². The molecule has 0 saturated heterocycles. The fourth-order valence-electron chi connectivity index (χ4n) is 11.5. The van der Waals surface area contributed by atoms with Gasteiger partial charge in [0.2, 0.25) is 0 Å². The average Bonchev–Trinajstić information content (AvgIpc) is 3.90. The predicted octanol–water partition coefficient (Wildman–Crippen LogP) is 14.6. The van der Waals surface area contributed by atoms with Crippen LogP contribution in [0, 0.1) is 13.8 Å². The number of hydrogen-bond acceptors (Lipinski definition) is 6. The van der Waals surface area contributed by atoms with Crippen LogP contribution in [0.5, 0.6) is 0 Å². The number of nitrogens with zero attached hydrogens (tertiary/aromatic N) is 8. The highest BCUT2D eigenvalue weighted by molar-refractivity contribution is 6.17. The van der Waals surface area contributed by atoms with Gasteiger partial charge in [0, 0.05) is 80.3 Å². The number of aryl methyl sites for hydroxylation is 4. The van der Waals surface area contributed by atoms with Gasteiger partial charge in [-0.05, 0) is 192 Å². The Labute approximate surface area is 401 Å². The van der Waals surface area contributed by atoms with Gasteiger partial charge in [0.05, 0.1) is 44.1 Å². The fraction of sp³-hybridized carbons (Fsp3) is 0.0645. The van der Waals surface area contributed by atoms with E-state index in [0.29, 0.717) is 0 Å². The van der Waals surface area contributed by atoms with Gasteiger partial charge in [-0.25, -0.2) is 9.97 Å². The molecule has 0 N–H and O–H groups in total. The molecule has 8 heteroatoms. The van der Waals surface area contributed by atoms with Gasteiger partial charge in [0.15, 0.2) is 0 Å². The van der Waals surface area contributed by atoms with Crippen LogP contribution >= 0.6 is 0 Å². The van der Waals surface area contributed by atoms with Crippen LogP contribution < -0.4 is 0 Å². The largest absolute Gasteiger partial charge is 0.294 e. The molecule has 8 heterocycles. The minimum atomic E-state index is 0.901. The third kappa shape index (κ3) is 5.70. The molecule has 328 valence electrons. The Bertz CT molecular complexity index is 4290. The quantitative estimate of drug-likeness (QED) is 0.164. The Morgan fingerprint density at radius 3 is 1.21 bits per heavy atom. The summed E-state index contributed by atoms with van der Waals surface area (Å²) in [7, 11) is 0. The fourth-order valence-corrected chi connectivity index (χ4v) is 11.5. The molecular weight excluding hydrogens is 857 g/mol. The molecule has 0 atom stereocenters. The lowest BCUT2D eigenvalue weighted by Crippen LogP contribution is -2.05. The molecule has 0 amide bonds.